The minimum absolute atomic E-state index is 0.366. The number of thioether (sulfide) groups is 1. The van der Waals surface area contributed by atoms with Crippen molar-refractivity contribution in [1.82, 2.24) is 5.32 Å². The SMILES string of the molecule is CNc1ccc(F)cc1N=C(NC#N)SC. The van der Waals surface area contributed by atoms with Crippen molar-refractivity contribution in [3.05, 3.63) is 24.0 Å². The van der Waals surface area contributed by atoms with Gasteiger partial charge in [0.15, 0.2) is 11.4 Å². The van der Waals surface area contributed by atoms with E-state index in [4.69, 9.17) is 5.26 Å². The number of nitriles is 1. The predicted octanol–water partition coefficient (Wildman–Crippen LogP) is 2.29. The van der Waals surface area contributed by atoms with Crippen LogP contribution in [0.4, 0.5) is 15.8 Å². The minimum atomic E-state index is -0.366. The largest absolute Gasteiger partial charge is 0.386 e. The van der Waals surface area contributed by atoms with Crippen molar-refractivity contribution >= 4 is 28.3 Å². The average molecular weight is 238 g/mol. The zero-order valence-electron chi connectivity index (χ0n) is 8.91. The molecule has 1 aromatic rings. The van der Waals surface area contributed by atoms with E-state index in [9.17, 15) is 4.39 Å². The molecule has 0 atom stereocenters. The van der Waals surface area contributed by atoms with Crippen LogP contribution in [0.25, 0.3) is 0 Å². The van der Waals surface area contributed by atoms with Crippen molar-refractivity contribution in [2.75, 3.05) is 18.6 Å². The molecule has 0 fully saturated rings. The molecule has 0 unspecified atom stereocenters. The minimum Gasteiger partial charge on any atom is -0.386 e. The first-order valence-corrected chi connectivity index (χ1v) is 5.68. The van der Waals surface area contributed by atoms with Gasteiger partial charge in [0, 0.05) is 13.1 Å². The summed E-state index contributed by atoms with van der Waals surface area (Å²) in [5, 5.41) is 14.2. The van der Waals surface area contributed by atoms with Crippen LogP contribution in [0.15, 0.2) is 23.2 Å². The zero-order valence-corrected chi connectivity index (χ0v) is 9.73. The Morgan fingerprint density at radius 3 is 2.88 bits per heavy atom. The van der Waals surface area contributed by atoms with Crippen LogP contribution < -0.4 is 10.6 Å². The third kappa shape index (κ3) is 3.14. The number of aliphatic imine (C=N–C) groups is 1. The van der Waals surface area contributed by atoms with Crippen LogP contribution in [0.1, 0.15) is 0 Å². The summed E-state index contributed by atoms with van der Waals surface area (Å²) in [7, 11) is 1.72. The fourth-order valence-corrected chi connectivity index (χ4v) is 1.43. The first-order valence-electron chi connectivity index (χ1n) is 4.46. The normalized spacial score (nSPS) is 10.8. The van der Waals surface area contributed by atoms with E-state index in [2.05, 4.69) is 15.6 Å². The highest BCUT2D eigenvalue weighted by molar-refractivity contribution is 8.13. The van der Waals surface area contributed by atoms with Gasteiger partial charge in [-0.25, -0.2) is 9.38 Å². The van der Waals surface area contributed by atoms with Gasteiger partial charge in [-0.05, 0) is 18.4 Å². The van der Waals surface area contributed by atoms with E-state index >= 15 is 0 Å². The number of halogens is 1. The average Bonchev–Trinajstić information content (AvgIpc) is 2.29. The molecule has 84 valence electrons. The van der Waals surface area contributed by atoms with Crippen LogP contribution in [0.2, 0.25) is 0 Å². The number of benzene rings is 1. The Morgan fingerprint density at radius 2 is 2.31 bits per heavy atom. The molecule has 0 aliphatic heterocycles. The Hall–Kier alpha value is -1.74. The molecule has 0 aliphatic rings. The summed E-state index contributed by atoms with van der Waals surface area (Å²) >= 11 is 1.28. The Labute approximate surface area is 97.6 Å². The summed E-state index contributed by atoms with van der Waals surface area (Å²) in [5.41, 5.74) is 1.15. The lowest BCUT2D eigenvalue weighted by molar-refractivity contribution is 0.628. The smallest absolute Gasteiger partial charge is 0.183 e. The second-order valence-electron chi connectivity index (χ2n) is 2.77. The molecule has 0 spiro atoms. The van der Waals surface area contributed by atoms with Crippen molar-refractivity contribution in [3.8, 4) is 6.19 Å². The molecule has 0 saturated carbocycles. The Balaban J connectivity index is 3.11. The number of nitrogens with zero attached hydrogens (tertiary/aromatic N) is 2. The molecule has 0 bridgehead atoms. The number of amidine groups is 1. The topological polar surface area (TPSA) is 60.2 Å². The van der Waals surface area contributed by atoms with E-state index < -0.39 is 0 Å². The third-order valence-electron chi connectivity index (χ3n) is 1.81. The highest BCUT2D eigenvalue weighted by Gasteiger charge is 2.03. The summed E-state index contributed by atoms with van der Waals surface area (Å²) < 4.78 is 13.0. The van der Waals surface area contributed by atoms with Crippen LogP contribution in [0.3, 0.4) is 0 Å². The number of nitrogens with one attached hydrogen (secondary N) is 2. The first kappa shape index (κ1) is 12.3. The molecule has 0 aromatic heterocycles. The quantitative estimate of drug-likeness (QED) is 0.359. The van der Waals surface area contributed by atoms with Gasteiger partial charge in [0.25, 0.3) is 0 Å². The Bertz CT molecular complexity index is 439. The molecule has 1 aromatic carbocycles. The molecule has 1 rings (SSSR count). The van der Waals surface area contributed by atoms with Crippen molar-refractivity contribution in [2.45, 2.75) is 0 Å². The van der Waals surface area contributed by atoms with E-state index in [1.807, 2.05) is 0 Å². The number of anilines is 1. The molecule has 2 N–H and O–H groups in total. The highest BCUT2D eigenvalue weighted by atomic mass is 32.2. The van der Waals surface area contributed by atoms with E-state index in [-0.39, 0.29) is 5.82 Å². The van der Waals surface area contributed by atoms with Crippen LogP contribution in [-0.2, 0) is 0 Å². The molecule has 0 aliphatic carbocycles. The third-order valence-corrected chi connectivity index (χ3v) is 2.39. The van der Waals surface area contributed by atoms with E-state index in [0.29, 0.717) is 16.5 Å². The van der Waals surface area contributed by atoms with Gasteiger partial charge < -0.3 is 5.32 Å². The van der Waals surface area contributed by atoms with Gasteiger partial charge in [-0.2, -0.15) is 5.26 Å². The fourth-order valence-electron chi connectivity index (χ4n) is 1.09. The van der Waals surface area contributed by atoms with Crippen LogP contribution >= 0.6 is 11.8 Å². The molecule has 16 heavy (non-hydrogen) atoms. The van der Waals surface area contributed by atoms with E-state index in [1.54, 1.807) is 25.6 Å². The molecule has 6 heteroatoms. The van der Waals surface area contributed by atoms with Crippen molar-refractivity contribution < 1.29 is 4.39 Å². The zero-order chi connectivity index (χ0) is 12.0. The summed E-state index contributed by atoms with van der Waals surface area (Å²) in [5.74, 6) is -0.366. The summed E-state index contributed by atoms with van der Waals surface area (Å²) in [6.07, 6.45) is 3.55. The van der Waals surface area contributed by atoms with Gasteiger partial charge in [0.1, 0.15) is 5.82 Å². The number of hydrogen-bond acceptors (Lipinski definition) is 4. The van der Waals surface area contributed by atoms with E-state index in [0.717, 1.165) is 0 Å². The van der Waals surface area contributed by atoms with Crippen molar-refractivity contribution in [1.29, 1.82) is 5.26 Å². The molecule has 0 saturated heterocycles. The van der Waals surface area contributed by atoms with Gasteiger partial charge in [-0.1, -0.05) is 11.8 Å². The van der Waals surface area contributed by atoms with Gasteiger partial charge in [0.2, 0.25) is 0 Å². The van der Waals surface area contributed by atoms with Gasteiger partial charge in [-0.3, -0.25) is 5.32 Å². The fraction of sp³-hybridized carbons (Fsp3) is 0.200. The molecule has 0 amide bonds. The van der Waals surface area contributed by atoms with Crippen LogP contribution in [-0.4, -0.2) is 18.5 Å². The van der Waals surface area contributed by atoms with Crippen LogP contribution in [0, 0.1) is 17.3 Å². The van der Waals surface area contributed by atoms with E-state index in [1.165, 1.54) is 23.9 Å². The summed E-state index contributed by atoms with van der Waals surface area (Å²) in [6, 6.07) is 4.25. The summed E-state index contributed by atoms with van der Waals surface area (Å²) in [4.78, 5) is 4.14. The number of rotatable bonds is 2. The monoisotopic (exact) mass is 238 g/mol. The standard InChI is InChI=1S/C10H11FN4S/c1-13-8-4-3-7(11)5-9(8)15-10(16-2)14-6-12/h3-5,13H,1-2H3,(H,14,15). The lowest BCUT2D eigenvalue weighted by Gasteiger charge is -2.06. The molecule has 0 radical (unpaired) electrons. The second kappa shape index (κ2) is 5.98. The maximum absolute atomic E-state index is 13.0. The molecular weight excluding hydrogens is 227 g/mol. The Kier molecular flexibility index (Phi) is 4.61. The van der Waals surface area contributed by atoms with Crippen molar-refractivity contribution in [3.63, 3.8) is 0 Å². The lowest BCUT2D eigenvalue weighted by Crippen LogP contribution is -2.12. The highest BCUT2D eigenvalue weighted by Crippen LogP contribution is 2.26. The predicted molar refractivity (Wildman–Crippen MR) is 65.3 cm³/mol. The second-order valence-corrected chi connectivity index (χ2v) is 3.56. The molecule has 4 nitrogen and oxygen atoms in total. The van der Waals surface area contributed by atoms with Crippen molar-refractivity contribution in [2.24, 2.45) is 4.99 Å². The van der Waals surface area contributed by atoms with Gasteiger partial charge in [-0.15, -0.1) is 0 Å². The van der Waals surface area contributed by atoms with Crippen LogP contribution in [0.5, 0.6) is 0 Å². The maximum Gasteiger partial charge on any atom is 0.183 e. The van der Waals surface area contributed by atoms with Gasteiger partial charge >= 0.3 is 0 Å². The first-order chi connectivity index (χ1) is 7.71. The molecule has 0 heterocycles. The van der Waals surface area contributed by atoms with Gasteiger partial charge in [0.05, 0.1) is 11.4 Å². The Morgan fingerprint density at radius 1 is 1.56 bits per heavy atom. The lowest BCUT2D eigenvalue weighted by atomic mass is 10.2. The molecular formula is C10H11FN4S. The number of hydrogen-bond donors (Lipinski definition) is 2. The summed E-state index contributed by atoms with van der Waals surface area (Å²) in [6.45, 7) is 0. The maximum atomic E-state index is 13.0.